The van der Waals surface area contributed by atoms with Crippen molar-refractivity contribution in [3.63, 3.8) is 0 Å². The van der Waals surface area contributed by atoms with Crippen LogP contribution in [0.4, 0.5) is 10.5 Å². The maximum Gasteiger partial charge on any atom is 0.322 e. The summed E-state index contributed by atoms with van der Waals surface area (Å²) in [6.07, 6.45) is 0.776. The van der Waals surface area contributed by atoms with E-state index in [1.54, 1.807) is 0 Å². The molecule has 5 rings (SSSR count). The first-order valence-electron chi connectivity index (χ1n) is 10.9. The molecule has 5 heteroatoms. The number of fused-ring (bicyclic) bond motifs is 3. The molecule has 4 nitrogen and oxygen atoms in total. The van der Waals surface area contributed by atoms with Gasteiger partial charge in [-0.3, -0.25) is 0 Å². The molecule has 0 radical (unpaired) electrons. The Bertz CT molecular complexity index is 1320. The number of aromatic amines is 1. The first-order valence-corrected chi connectivity index (χ1v) is 11.3. The minimum atomic E-state index is -0.198. The van der Waals surface area contributed by atoms with Gasteiger partial charge in [0, 0.05) is 33.9 Å². The van der Waals surface area contributed by atoms with E-state index in [-0.39, 0.29) is 12.1 Å². The van der Waals surface area contributed by atoms with Crippen molar-refractivity contribution in [2.24, 2.45) is 0 Å². The van der Waals surface area contributed by atoms with E-state index in [0.29, 0.717) is 6.54 Å². The number of carbonyl (C=O) groups excluding carboxylic acids is 1. The number of amides is 2. The largest absolute Gasteiger partial charge is 0.356 e. The maximum atomic E-state index is 13.5. The maximum absolute atomic E-state index is 13.5. The third-order valence-corrected chi connectivity index (χ3v) is 6.60. The molecule has 162 valence electrons. The monoisotopic (exact) mass is 443 g/mol. The van der Waals surface area contributed by atoms with Crippen LogP contribution in [-0.2, 0) is 6.42 Å². The second-order valence-corrected chi connectivity index (χ2v) is 9.15. The van der Waals surface area contributed by atoms with Gasteiger partial charge in [0.2, 0.25) is 0 Å². The highest BCUT2D eigenvalue weighted by molar-refractivity contribution is 6.31. The van der Waals surface area contributed by atoms with Crippen LogP contribution in [0.25, 0.3) is 10.9 Å². The van der Waals surface area contributed by atoms with E-state index in [2.05, 4.69) is 54.5 Å². The first kappa shape index (κ1) is 20.7. The molecule has 1 aliphatic rings. The quantitative estimate of drug-likeness (QED) is 0.347. The topological polar surface area (TPSA) is 48.1 Å². The van der Waals surface area contributed by atoms with Crippen molar-refractivity contribution in [3.8, 4) is 0 Å². The number of anilines is 1. The third kappa shape index (κ3) is 3.65. The van der Waals surface area contributed by atoms with E-state index in [1.807, 2.05) is 42.2 Å². The zero-order valence-corrected chi connectivity index (χ0v) is 19.3. The minimum absolute atomic E-state index is 0.0927. The van der Waals surface area contributed by atoms with Crippen molar-refractivity contribution >= 4 is 34.2 Å². The number of hydrogen-bond acceptors (Lipinski definition) is 1. The molecule has 0 spiro atoms. The molecule has 0 unspecified atom stereocenters. The number of H-pyrrole nitrogens is 1. The van der Waals surface area contributed by atoms with E-state index in [0.717, 1.165) is 44.9 Å². The van der Waals surface area contributed by atoms with E-state index in [1.165, 1.54) is 16.7 Å². The van der Waals surface area contributed by atoms with Crippen LogP contribution < -0.4 is 5.32 Å². The summed E-state index contributed by atoms with van der Waals surface area (Å²) in [7, 11) is 0. The number of urea groups is 1. The van der Waals surface area contributed by atoms with Gasteiger partial charge < -0.3 is 15.2 Å². The van der Waals surface area contributed by atoms with Crippen molar-refractivity contribution < 1.29 is 4.79 Å². The zero-order valence-electron chi connectivity index (χ0n) is 18.5. The molecule has 0 bridgehead atoms. The summed E-state index contributed by atoms with van der Waals surface area (Å²) in [6.45, 7) is 6.78. The molecule has 0 saturated heterocycles. The molecular weight excluding hydrogens is 418 g/mol. The zero-order chi connectivity index (χ0) is 22.4. The molecule has 32 heavy (non-hydrogen) atoms. The van der Waals surface area contributed by atoms with Gasteiger partial charge in [0.15, 0.2) is 0 Å². The van der Waals surface area contributed by atoms with Gasteiger partial charge in [0.1, 0.15) is 0 Å². The second kappa shape index (κ2) is 8.03. The normalized spacial score (nSPS) is 15.6. The lowest BCUT2D eigenvalue weighted by Crippen LogP contribution is -2.43. The number of aromatic nitrogens is 1. The Hall–Kier alpha value is -3.24. The molecule has 0 fully saturated rings. The van der Waals surface area contributed by atoms with Gasteiger partial charge >= 0.3 is 6.03 Å². The van der Waals surface area contributed by atoms with Gasteiger partial charge in [-0.15, -0.1) is 0 Å². The summed E-state index contributed by atoms with van der Waals surface area (Å²) in [6, 6.07) is 20.2. The van der Waals surface area contributed by atoms with E-state index in [9.17, 15) is 4.79 Å². The Morgan fingerprint density at radius 3 is 2.50 bits per heavy atom. The summed E-state index contributed by atoms with van der Waals surface area (Å²) in [5, 5.41) is 5.01. The Balaban J connectivity index is 1.58. The summed E-state index contributed by atoms with van der Waals surface area (Å²) >= 11 is 6.30. The van der Waals surface area contributed by atoms with E-state index < -0.39 is 0 Å². The lowest BCUT2D eigenvalue weighted by atomic mass is 9.92. The van der Waals surface area contributed by atoms with Gasteiger partial charge in [-0.2, -0.15) is 0 Å². The van der Waals surface area contributed by atoms with Gasteiger partial charge in [-0.05, 0) is 68.1 Å². The first-order chi connectivity index (χ1) is 15.4. The highest BCUT2D eigenvalue weighted by atomic mass is 35.5. The lowest BCUT2D eigenvalue weighted by Gasteiger charge is -2.36. The van der Waals surface area contributed by atoms with Crippen molar-refractivity contribution in [1.29, 1.82) is 0 Å². The van der Waals surface area contributed by atoms with Crippen LogP contribution in [-0.4, -0.2) is 22.5 Å². The molecule has 1 aliphatic heterocycles. The predicted octanol–water partition coefficient (Wildman–Crippen LogP) is 6.93. The standard InChI is InChI=1S/C27H26ClN3O/c1-16-4-7-19(8-5-16)26-25-21(22-15-20(28)9-11-24(22)29-25)12-13-31(26)27(32)30-23-10-6-17(2)14-18(23)3/h4-11,14-15,26,29H,12-13H2,1-3H3,(H,30,32)/t26-/m0/s1. The number of rotatable bonds is 2. The van der Waals surface area contributed by atoms with Crippen molar-refractivity contribution in [3.05, 3.63) is 99.2 Å². The molecule has 3 aromatic carbocycles. The van der Waals surface area contributed by atoms with Crippen LogP contribution in [0.3, 0.4) is 0 Å². The summed E-state index contributed by atoms with van der Waals surface area (Å²) in [4.78, 5) is 19.0. The van der Waals surface area contributed by atoms with Crippen LogP contribution in [0.15, 0.2) is 60.7 Å². The van der Waals surface area contributed by atoms with Crippen molar-refractivity contribution in [2.45, 2.75) is 33.2 Å². The average Bonchev–Trinajstić information content (AvgIpc) is 3.13. The number of aryl methyl sites for hydroxylation is 3. The third-order valence-electron chi connectivity index (χ3n) is 6.37. The molecule has 0 aliphatic carbocycles. The Labute approximate surface area is 193 Å². The molecule has 0 saturated carbocycles. The smallest absolute Gasteiger partial charge is 0.322 e. The van der Waals surface area contributed by atoms with Gasteiger partial charge in [0.25, 0.3) is 0 Å². The fraction of sp³-hybridized carbons (Fsp3) is 0.222. The molecule has 1 aromatic heterocycles. The highest BCUT2D eigenvalue weighted by Crippen LogP contribution is 2.39. The molecule has 2 amide bonds. The Morgan fingerprint density at radius 1 is 1.00 bits per heavy atom. The number of hydrogen-bond donors (Lipinski definition) is 2. The number of halogens is 1. The summed E-state index contributed by atoms with van der Waals surface area (Å²) < 4.78 is 0. The Morgan fingerprint density at radius 2 is 1.75 bits per heavy atom. The number of nitrogens with zero attached hydrogens (tertiary/aromatic N) is 1. The van der Waals surface area contributed by atoms with Crippen LogP contribution in [0.1, 0.15) is 39.6 Å². The summed E-state index contributed by atoms with van der Waals surface area (Å²) in [5.41, 5.74) is 8.72. The van der Waals surface area contributed by atoms with Crippen molar-refractivity contribution in [1.82, 2.24) is 9.88 Å². The number of benzene rings is 3. The number of carbonyl (C=O) groups is 1. The van der Waals surface area contributed by atoms with Crippen LogP contribution in [0, 0.1) is 20.8 Å². The fourth-order valence-corrected chi connectivity index (χ4v) is 4.89. The van der Waals surface area contributed by atoms with Gasteiger partial charge in [0.05, 0.1) is 6.04 Å². The van der Waals surface area contributed by atoms with Gasteiger partial charge in [-0.25, -0.2) is 4.79 Å². The lowest BCUT2D eigenvalue weighted by molar-refractivity contribution is 0.193. The summed E-state index contributed by atoms with van der Waals surface area (Å²) in [5.74, 6) is 0. The van der Waals surface area contributed by atoms with E-state index >= 15 is 0 Å². The predicted molar refractivity (Wildman–Crippen MR) is 132 cm³/mol. The fourth-order valence-electron chi connectivity index (χ4n) is 4.72. The molecule has 2 N–H and O–H groups in total. The van der Waals surface area contributed by atoms with Crippen LogP contribution >= 0.6 is 11.6 Å². The molecular formula is C27H26ClN3O. The van der Waals surface area contributed by atoms with Crippen molar-refractivity contribution in [2.75, 3.05) is 11.9 Å². The number of nitrogens with one attached hydrogen (secondary N) is 2. The van der Waals surface area contributed by atoms with Crippen LogP contribution in [0.2, 0.25) is 5.02 Å². The highest BCUT2D eigenvalue weighted by Gasteiger charge is 2.34. The molecule has 2 heterocycles. The van der Waals surface area contributed by atoms with Crippen LogP contribution in [0.5, 0.6) is 0 Å². The SMILES string of the molecule is Cc1ccc([C@H]2c3[nH]c4ccc(Cl)cc4c3CCN2C(=O)Nc2ccc(C)cc2C)cc1. The van der Waals surface area contributed by atoms with Gasteiger partial charge in [-0.1, -0.05) is 59.1 Å². The minimum Gasteiger partial charge on any atom is -0.356 e. The second-order valence-electron chi connectivity index (χ2n) is 8.71. The molecule has 1 atom stereocenters. The Kier molecular flexibility index (Phi) is 5.18. The molecule has 4 aromatic rings. The van der Waals surface area contributed by atoms with E-state index in [4.69, 9.17) is 11.6 Å². The average molecular weight is 444 g/mol.